The van der Waals surface area contributed by atoms with Crippen LogP contribution in [0.5, 0.6) is 0 Å². The van der Waals surface area contributed by atoms with Crippen molar-refractivity contribution in [1.82, 2.24) is 9.29 Å². The molecule has 0 spiro atoms. The lowest BCUT2D eigenvalue weighted by Crippen LogP contribution is -2.27. The van der Waals surface area contributed by atoms with E-state index in [1.165, 1.54) is 13.1 Å². The van der Waals surface area contributed by atoms with Crippen LogP contribution in [0.3, 0.4) is 0 Å². The van der Waals surface area contributed by atoms with Crippen molar-refractivity contribution >= 4 is 10.0 Å². The van der Waals surface area contributed by atoms with Gasteiger partial charge in [0.1, 0.15) is 5.82 Å². The van der Waals surface area contributed by atoms with Crippen molar-refractivity contribution in [3.05, 3.63) is 59.7 Å². The highest BCUT2D eigenvalue weighted by Crippen LogP contribution is 2.22. The van der Waals surface area contributed by atoms with Gasteiger partial charge in [0.25, 0.3) is 0 Å². The van der Waals surface area contributed by atoms with Gasteiger partial charge in [-0.05, 0) is 35.4 Å². The number of sulfonamides is 1. The molecule has 1 aromatic heterocycles. The molecule has 0 saturated heterocycles. The van der Waals surface area contributed by atoms with Gasteiger partial charge in [-0.2, -0.15) is 4.31 Å². The highest BCUT2D eigenvalue weighted by atomic mass is 32.2. The third kappa shape index (κ3) is 3.44. The van der Waals surface area contributed by atoms with Crippen molar-refractivity contribution in [2.75, 3.05) is 7.05 Å². The first-order valence-electron chi connectivity index (χ1n) is 6.19. The Kier molecular flexibility index (Phi) is 4.66. The van der Waals surface area contributed by atoms with Crippen LogP contribution in [0.1, 0.15) is 11.1 Å². The maximum atomic E-state index is 13.3. The fourth-order valence-electron chi connectivity index (χ4n) is 1.90. The third-order valence-corrected chi connectivity index (χ3v) is 4.93. The molecule has 0 radical (unpaired) electrons. The second kappa shape index (κ2) is 6.30. The van der Waals surface area contributed by atoms with Gasteiger partial charge >= 0.3 is 0 Å². The lowest BCUT2D eigenvalue weighted by atomic mass is 10.2. The highest BCUT2D eigenvalue weighted by Gasteiger charge is 2.24. The zero-order valence-electron chi connectivity index (χ0n) is 11.4. The Morgan fingerprint density at radius 3 is 2.52 bits per heavy atom. The molecule has 7 heteroatoms. The van der Waals surface area contributed by atoms with Crippen molar-refractivity contribution < 1.29 is 17.9 Å². The van der Waals surface area contributed by atoms with E-state index in [1.807, 2.05) is 0 Å². The number of aliphatic hydroxyl groups is 1. The maximum absolute atomic E-state index is 13.3. The van der Waals surface area contributed by atoms with Gasteiger partial charge in [-0.3, -0.25) is 4.98 Å². The first-order chi connectivity index (χ1) is 9.95. The molecule has 2 rings (SSSR count). The molecule has 2 aromatic rings. The normalized spacial score (nSPS) is 11.8. The molecule has 1 heterocycles. The van der Waals surface area contributed by atoms with E-state index in [2.05, 4.69) is 4.98 Å². The minimum Gasteiger partial charge on any atom is -0.392 e. The van der Waals surface area contributed by atoms with Crippen LogP contribution in [0.15, 0.2) is 47.6 Å². The molecule has 0 atom stereocenters. The highest BCUT2D eigenvalue weighted by molar-refractivity contribution is 7.89. The number of benzene rings is 1. The molecule has 112 valence electrons. The second-order valence-corrected chi connectivity index (χ2v) is 6.54. The first kappa shape index (κ1) is 15.6. The Labute approximate surface area is 122 Å². The zero-order valence-corrected chi connectivity index (χ0v) is 12.2. The van der Waals surface area contributed by atoms with Gasteiger partial charge < -0.3 is 5.11 Å². The molecule has 1 aromatic carbocycles. The van der Waals surface area contributed by atoms with Crippen LogP contribution in [0.2, 0.25) is 0 Å². The summed E-state index contributed by atoms with van der Waals surface area (Å²) in [7, 11) is -2.48. The lowest BCUT2D eigenvalue weighted by molar-refractivity contribution is 0.278. The molecule has 0 amide bonds. The Bertz CT molecular complexity index is 720. The molecular formula is C14H15FN2O3S. The van der Waals surface area contributed by atoms with E-state index in [-0.39, 0.29) is 17.0 Å². The number of aromatic nitrogens is 1. The number of nitrogens with zero attached hydrogens (tertiary/aromatic N) is 2. The molecule has 0 aliphatic rings. The van der Waals surface area contributed by atoms with Crippen LogP contribution in [0.25, 0.3) is 0 Å². The molecule has 0 unspecified atom stereocenters. The molecule has 0 fully saturated rings. The van der Waals surface area contributed by atoms with Gasteiger partial charge in [0, 0.05) is 26.0 Å². The van der Waals surface area contributed by atoms with Gasteiger partial charge in [-0.25, -0.2) is 12.8 Å². The molecule has 0 bridgehead atoms. The van der Waals surface area contributed by atoms with E-state index in [9.17, 15) is 17.9 Å². The molecule has 0 aliphatic heterocycles. The maximum Gasteiger partial charge on any atom is 0.243 e. The van der Waals surface area contributed by atoms with E-state index in [4.69, 9.17) is 0 Å². The van der Waals surface area contributed by atoms with E-state index < -0.39 is 22.4 Å². The number of halogens is 1. The minimum absolute atomic E-state index is 0.131. The monoisotopic (exact) mass is 310 g/mol. The summed E-state index contributed by atoms with van der Waals surface area (Å²) < 4.78 is 39.4. The molecule has 0 saturated carbocycles. The van der Waals surface area contributed by atoms with E-state index >= 15 is 0 Å². The standard InChI is InChI=1S/C14H15FN2O3S/c1-17(9-11-4-6-16-7-5-11)21(19,20)14-8-13(15)3-2-12(14)10-18/h2-8,18H,9-10H2,1H3. The Balaban J connectivity index is 2.35. The van der Waals surface area contributed by atoms with Crippen LogP contribution in [0.4, 0.5) is 4.39 Å². The van der Waals surface area contributed by atoms with Gasteiger partial charge in [-0.15, -0.1) is 0 Å². The van der Waals surface area contributed by atoms with Crippen LogP contribution in [-0.2, 0) is 23.2 Å². The second-order valence-electron chi connectivity index (χ2n) is 4.53. The van der Waals surface area contributed by atoms with Gasteiger partial charge in [0.05, 0.1) is 11.5 Å². The van der Waals surface area contributed by atoms with Gasteiger partial charge in [-0.1, -0.05) is 6.07 Å². The summed E-state index contributed by atoms with van der Waals surface area (Å²) in [4.78, 5) is 3.64. The first-order valence-corrected chi connectivity index (χ1v) is 7.63. The number of rotatable bonds is 5. The Hall–Kier alpha value is -1.83. The SMILES string of the molecule is CN(Cc1ccncc1)S(=O)(=O)c1cc(F)ccc1CO. The van der Waals surface area contributed by atoms with Crippen molar-refractivity contribution in [2.24, 2.45) is 0 Å². The Morgan fingerprint density at radius 2 is 1.90 bits per heavy atom. The van der Waals surface area contributed by atoms with Crippen LogP contribution < -0.4 is 0 Å². The molecule has 0 aliphatic carbocycles. The van der Waals surface area contributed by atoms with E-state index in [1.54, 1.807) is 24.5 Å². The fraction of sp³-hybridized carbons (Fsp3) is 0.214. The topological polar surface area (TPSA) is 70.5 Å². The predicted molar refractivity (Wildman–Crippen MR) is 75.2 cm³/mol. The van der Waals surface area contributed by atoms with Crippen LogP contribution >= 0.6 is 0 Å². The zero-order chi connectivity index (χ0) is 15.5. The molecular weight excluding hydrogens is 295 g/mol. The minimum atomic E-state index is -3.89. The summed E-state index contributed by atoms with van der Waals surface area (Å²) in [5.41, 5.74) is 0.927. The fourth-order valence-corrected chi connectivity index (χ4v) is 3.28. The summed E-state index contributed by atoms with van der Waals surface area (Å²) in [6.07, 6.45) is 3.13. The van der Waals surface area contributed by atoms with Crippen LogP contribution in [-0.4, -0.2) is 29.9 Å². The number of aliphatic hydroxyl groups excluding tert-OH is 1. The summed E-state index contributed by atoms with van der Waals surface area (Å²) in [5.74, 6) is -0.664. The third-order valence-electron chi connectivity index (χ3n) is 3.04. The molecule has 21 heavy (non-hydrogen) atoms. The van der Waals surface area contributed by atoms with Crippen molar-refractivity contribution in [3.8, 4) is 0 Å². The van der Waals surface area contributed by atoms with E-state index in [0.29, 0.717) is 0 Å². The largest absolute Gasteiger partial charge is 0.392 e. The predicted octanol–water partition coefficient (Wildman–Crippen LogP) is 1.53. The van der Waals surface area contributed by atoms with Gasteiger partial charge in [0.15, 0.2) is 0 Å². The van der Waals surface area contributed by atoms with Crippen molar-refractivity contribution in [1.29, 1.82) is 0 Å². The van der Waals surface area contributed by atoms with Crippen LogP contribution in [0, 0.1) is 5.82 Å². The molecule has 1 N–H and O–H groups in total. The number of hydrogen-bond acceptors (Lipinski definition) is 4. The number of hydrogen-bond donors (Lipinski definition) is 1. The summed E-state index contributed by atoms with van der Waals surface area (Å²) in [6, 6.07) is 6.70. The van der Waals surface area contributed by atoms with Crippen molar-refractivity contribution in [2.45, 2.75) is 18.0 Å². The average molecular weight is 310 g/mol. The summed E-state index contributed by atoms with van der Waals surface area (Å²) >= 11 is 0. The Morgan fingerprint density at radius 1 is 1.24 bits per heavy atom. The smallest absolute Gasteiger partial charge is 0.243 e. The quantitative estimate of drug-likeness (QED) is 0.909. The lowest BCUT2D eigenvalue weighted by Gasteiger charge is -2.19. The number of pyridine rings is 1. The summed E-state index contributed by atoms with van der Waals surface area (Å²) in [5, 5.41) is 9.23. The summed E-state index contributed by atoms with van der Waals surface area (Å²) in [6.45, 7) is -0.343. The average Bonchev–Trinajstić information content (AvgIpc) is 2.48. The van der Waals surface area contributed by atoms with Crippen molar-refractivity contribution in [3.63, 3.8) is 0 Å². The van der Waals surface area contributed by atoms with Gasteiger partial charge in [0.2, 0.25) is 10.0 Å². The van der Waals surface area contributed by atoms with E-state index in [0.717, 1.165) is 22.0 Å². The molecule has 5 nitrogen and oxygen atoms in total.